The van der Waals surface area contributed by atoms with E-state index in [1.807, 2.05) is 7.05 Å². The second kappa shape index (κ2) is 8.16. The van der Waals surface area contributed by atoms with Gasteiger partial charge in [0.05, 0.1) is 7.11 Å². The van der Waals surface area contributed by atoms with Gasteiger partial charge in [0.1, 0.15) is 0 Å². The Morgan fingerprint density at radius 1 is 1.67 bits per heavy atom. The molecule has 5 nitrogen and oxygen atoms in total. The third-order valence-electron chi connectivity index (χ3n) is 1.21. The molecular formula is C7H16N4O. The first kappa shape index (κ1) is 11.1. The first-order valence-electron chi connectivity index (χ1n) is 3.86. The molecule has 0 aromatic heterocycles. The van der Waals surface area contributed by atoms with E-state index in [9.17, 15) is 0 Å². The lowest BCUT2D eigenvalue weighted by molar-refractivity contribution is 0.393. The van der Waals surface area contributed by atoms with Gasteiger partial charge in [-0.25, -0.2) is 10.4 Å². The van der Waals surface area contributed by atoms with Gasteiger partial charge in [-0.05, 0) is 19.9 Å². The summed E-state index contributed by atoms with van der Waals surface area (Å²) in [6, 6.07) is -0.0448. The van der Waals surface area contributed by atoms with Crippen LogP contribution in [0.15, 0.2) is 4.99 Å². The third-order valence-corrected chi connectivity index (χ3v) is 1.21. The number of nitrogens with zero attached hydrogens (tertiary/aromatic N) is 1. The normalized spacial score (nSPS) is 10.5. The predicted molar refractivity (Wildman–Crippen MR) is 49.5 cm³/mol. The molecule has 0 aliphatic rings. The van der Waals surface area contributed by atoms with E-state index >= 15 is 0 Å². The van der Waals surface area contributed by atoms with Crippen LogP contribution in [0.3, 0.4) is 0 Å². The fraction of sp³-hybridized carbons (Fsp3) is 0.714. The van der Waals surface area contributed by atoms with Crippen LogP contribution in [-0.4, -0.2) is 32.9 Å². The topological polar surface area (TPSA) is 69.5 Å². The van der Waals surface area contributed by atoms with Crippen LogP contribution in [0.25, 0.3) is 0 Å². The minimum atomic E-state index is -0.0448. The molecule has 5 heteroatoms. The van der Waals surface area contributed by atoms with Gasteiger partial charge >= 0.3 is 6.02 Å². The molecule has 0 aliphatic carbocycles. The van der Waals surface area contributed by atoms with Crippen LogP contribution in [0.4, 0.5) is 0 Å². The average molecular weight is 172 g/mol. The predicted octanol–water partition coefficient (Wildman–Crippen LogP) is 0.143. The fourth-order valence-electron chi connectivity index (χ4n) is 0.607. The summed E-state index contributed by atoms with van der Waals surface area (Å²) in [5.74, 6) is 0. The largest absolute Gasteiger partial charge is 0.467 e. The molecule has 70 valence electrons. The number of hydrogen-bond donors (Lipinski definition) is 3. The molecule has 0 spiro atoms. The molecule has 0 bridgehead atoms. The van der Waals surface area contributed by atoms with Crippen molar-refractivity contribution in [1.82, 2.24) is 10.9 Å². The Morgan fingerprint density at radius 3 is 3.00 bits per heavy atom. The van der Waals surface area contributed by atoms with Crippen LogP contribution < -0.4 is 10.9 Å². The van der Waals surface area contributed by atoms with Crippen molar-refractivity contribution in [3.63, 3.8) is 0 Å². The summed E-state index contributed by atoms with van der Waals surface area (Å²) in [4.78, 5) is 3.73. The summed E-state index contributed by atoms with van der Waals surface area (Å²) >= 11 is 0. The highest BCUT2D eigenvalue weighted by Crippen LogP contribution is 1.83. The first-order valence-corrected chi connectivity index (χ1v) is 3.86. The standard InChI is InChI=1S/C7H16N4O/c1-9-11-6-4-3-5-10-7(8)12-2/h5,8-9,11H,3-4,6H2,1-2H3. The lowest BCUT2D eigenvalue weighted by atomic mass is 10.3. The van der Waals surface area contributed by atoms with Gasteiger partial charge in [0, 0.05) is 12.8 Å². The number of ether oxygens (including phenoxy) is 1. The molecule has 0 aromatic carbocycles. The van der Waals surface area contributed by atoms with Crippen molar-refractivity contribution in [3.05, 3.63) is 0 Å². The molecule has 3 N–H and O–H groups in total. The van der Waals surface area contributed by atoms with E-state index < -0.39 is 0 Å². The number of aliphatic imine (C=N–C) groups is 1. The molecule has 0 unspecified atom stereocenters. The van der Waals surface area contributed by atoms with Crippen molar-refractivity contribution in [1.29, 1.82) is 5.41 Å². The minimum absolute atomic E-state index is 0.0448. The van der Waals surface area contributed by atoms with E-state index in [-0.39, 0.29) is 6.02 Å². The first-order chi connectivity index (χ1) is 5.81. The highest BCUT2D eigenvalue weighted by Gasteiger charge is 1.86. The number of nitrogens with one attached hydrogen (secondary N) is 3. The maximum atomic E-state index is 7.01. The lowest BCUT2D eigenvalue weighted by Crippen LogP contribution is -2.28. The van der Waals surface area contributed by atoms with Crippen molar-refractivity contribution in [2.75, 3.05) is 20.7 Å². The Hall–Kier alpha value is -0.940. The highest BCUT2D eigenvalue weighted by molar-refractivity contribution is 5.80. The Morgan fingerprint density at radius 2 is 2.42 bits per heavy atom. The van der Waals surface area contributed by atoms with E-state index in [1.165, 1.54) is 7.11 Å². The van der Waals surface area contributed by atoms with Crippen molar-refractivity contribution in [2.45, 2.75) is 12.8 Å². The zero-order valence-corrected chi connectivity index (χ0v) is 7.55. The fourth-order valence-corrected chi connectivity index (χ4v) is 0.607. The quantitative estimate of drug-likeness (QED) is 0.239. The Balaban J connectivity index is 3.18. The summed E-state index contributed by atoms with van der Waals surface area (Å²) in [6.45, 7) is 0.892. The van der Waals surface area contributed by atoms with Crippen molar-refractivity contribution >= 4 is 12.2 Å². The van der Waals surface area contributed by atoms with Crippen LogP contribution in [0, 0.1) is 5.41 Å². The van der Waals surface area contributed by atoms with Gasteiger partial charge in [0.25, 0.3) is 0 Å². The van der Waals surface area contributed by atoms with Crippen LogP contribution in [0.1, 0.15) is 12.8 Å². The van der Waals surface area contributed by atoms with Gasteiger partial charge in [-0.3, -0.25) is 10.9 Å². The lowest BCUT2D eigenvalue weighted by Gasteiger charge is -1.98. The van der Waals surface area contributed by atoms with Gasteiger partial charge in [-0.15, -0.1) is 0 Å². The molecule has 0 fully saturated rings. The van der Waals surface area contributed by atoms with Gasteiger partial charge < -0.3 is 4.74 Å². The van der Waals surface area contributed by atoms with E-state index in [2.05, 4.69) is 20.6 Å². The Labute approximate surface area is 72.7 Å². The molecule has 0 amide bonds. The van der Waals surface area contributed by atoms with E-state index in [0.29, 0.717) is 0 Å². The maximum Gasteiger partial charge on any atom is 0.308 e. The van der Waals surface area contributed by atoms with Crippen LogP contribution in [0.5, 0.6) is 0 Å². The molecule has 0 saturated carbocycles. The zero-order chi connectivity index (χ0) is 9.23. The molecule has 12 heavy (non-hydrogen) atoms. The Bertz CT molecular complexity index is 146. The van der Waals surface area contributed by atoms with E-state index in [0.717, 1.165) is 19.4 Å². The van der Waals surface area contributed by atoms with E-state index in [1.54, 1.807) is 6.21 Å². The summed E-state index contributed by atoms with van der Waals surface area (Å²) < 4.78 is 4.54. The number of methoxy groups -OCH3 is 1. The van der Waals surface area contributed by atoms with E-state index in [4.69, 9.17) is 5.41 Å². The number of unbranched alkanes of at least 4 members (excludes halogenated alkanes) is 1. The van der Waals surface area contributed by atoms with Crippen LogP contribution in [-0.2, 0) is 4.74 Å². The average Bonchev–Trinajstić information content (AvgIpc) is 2.10. The monoisotopic (exact) mass is 172 g/mol. The summed E-state index contributed by atoms with van der Waals surface area (Å²) in [7, 11) is 3.26. The maximum absolute atomic E-state index is 7.01. The Kier molecular flexibility index (Phi) is 7.52. The molecule has 0 rings (SSSR count). The van der Waals surface area contributed by atoms with Gasteiger partial charge in [-0.2, -0.15) is 0 Å². The summed E-state index contributed by atoms with van der Waals surface area (Å²) in [6.07, 6.45) is 3.52. The van der Waals surface area contributed by atoms with Crippen LogP contribution in [0.2, 0.25) is 0 Å². The van der Waals surface area contributed by atoms with Crippen molar-refractivity contribution < 1.29 is 4.74 Å². The number of amidine groups is 1. The molecule has 0 aromatic rings. The van der Waals surface area contributed by atoms with Crippen molar-refractivity contribution in [2.24, 2.45) is 4.99 Å². The second-order valence-electron chi connectivity index (χ2n) is 2.14. The minimum Gasteiger partial charge on any atom is -0.467 e. The molecule has 0 heterocycles. The third kappa shape index (κ3) is 7.17. The number of rotatable bonds is 5. The molecule has 0 saturated heterocycles. The van der Waals surface area contributed by atoms with Crippen molar-refractivity contribution in [3.8, 4) is 0 Å². The number of hydrazine groups is 1. The molecule has 0 radical (unpaired) electrons. The second-order valence-corrected chi connectivity index (χ2v) is 2.14. The zero-order valence-electron chi connectivity index (χ0n) is 7.55. The smallest absolute Gasteiger partial charge is 0.308 e. The van der Waals surface area contributed by atoms with Crippen LogP contribution >= 0.6 is 0 Å². The van der Waals surface area contributed by atoms with Gasteiger partial charge in [0.2, 0.25) is 0 Å². The summed E-state index contributed by atoms with van der Waals surface area (Å²) in [5, 5.41) is 7.01. The molecular weight excluding hydrogens is 156 g/mol. The molecule has 0 aliphatic heterocycles. The molecule has 0 atom stereocenters. The SMILES string of the molecule is CNNCCCC=NC(=N)OC. The number of hydrogen-bond acceptors (Lipinski definition) is 4. The summed E-state index contributed by atoms with van der Waals surface area (Å²) in [5.41, 5.74) is 5.77. The van der Waals surface area contributed by atoms with Gasteiger partial charge in [-0.1, -0.05) is 0 Å². The van der Waals surface area contributed by atoms with Gasteiger partial charge in [0.15, 0.2) is 0 Å². The highest BCUT2D eigenvalue weighted by atomic mass is 16.5.